The Hall–Kier alpha value is -1.55. The molecule has 1 saturated heterocycles. The molecule has 1 atom stereocenters. The number of rotatable bonds is 3. The minimum atomic E-state index is -0.147. The molecule has 1 aliphatic rings. The molecule has 1 fully saturated rings. The molecule has 0 saturated carbocycles. The van der Waals surface area contributed by atoms with E-state index in [2.05, 4.69) is 41.4 Å². The van der Waals surface area contributed by atoms with Crippen molar-refractivity contribution >= 4 is 11.7 Å². The third-order valence-electron chi connectivity index (χ3n) is 3.57. The number of anilines is 1. The highest BCUT2D eigenvalue weighted by Crippen LogP contribution is 2.21. The highest BCUT2D eigenvalue weighted by molar-refractivity contribution is 5.71. The number of carbonyl (C=O) groups excluding carboxylic acids is 1. The Labute approximate surface area is 114 Å². The molecule has 1 aromatic carbocycles. The van der Waals surface area contributed by atoms with Crippen LogP contribution in [0, 0.1) is 6.92 Å². The van der Waals surface area contributed by atoms with E-state index in [9.17, 15) is 4.79 Å². The number of hydrogen-bond acceptors (Lipinski definition) is 4. The van der Waals surface area contributed by atoms with Crippen molar-refractivity contribution in [2.24, 2.45) is 0 Å². The standard InChI is InChI=1S/C15H22N2O2/c1-12-4-6-13(7-5-12)17-9-3-8-16-11-14(17)10-15(18)19-2/h4-7,14,16H,3,8-11H2,1-2H3. The van der Waals surface area contributed by atoms with Crippen molar-refractivity contribution in [2.45, 2.75) is 25.8 Å². The Morgan fingerprint density at radius 1 is 1.42 bits per heavy atom. The Morgan fingerprint density at radius 3 is 2.84 bits per heavy atom. The number of benzene rings is 1. The van der Waals surface area contributed by atoms with Crippen LogP contribution in [-0.2, 0) is 9.53 Å². The third kappa shape index (κ3) is 3.70. The van der Waals surface area contributed by atoms with Gasteiger partial charge in [-0.1, -0.05) is 17.7 Å². The summed E-state index contributed by atoms with van der Waals surface area (Å²) in [5.41, 5.74) is 2.43. The van der Waals surface area contributed by atoms with Gasteiger partial charge in [-0.25, -0.2) is 0 Å². The van der Waals surface area contributed by atoms with Crippen LogP contribution in [0.25, 0.3) is 0 Å². The summed E-state index contributed by atoms with van der Waals surface area (Å²) in [5.74, 6) is -0.147. The Morgan fingerprint density at radius 2 is 2.16 bits per heavy atom. The Kier molecular flexibility index (Phi) is 4.80. The fraction of sp³-hybridized carbons (Fsp3) is 0.533. The van der Waals surface area contributed by atoms with Gasteiger partial charge in [0.1, 0.15) is 0 Å². The number of ether oxygens (including phenoxy) is 1. The van der Waals surface area contributed by atoms with Crippen molar-refractivity contribution in [1.29, 1.82) is 0 Å². The largest absolute Gasteiger partial charge is 0.469 e. The van der Waals surface area contributed by atoms with Crippen LogP contribution in [0.2, 0.25) is 0 Å². The summed E-state index contributed by atoms with van der Waals surface area (Å²) in [4.78, 5) is 13.9. The molecule has 104 valence electrons. The maximum Gasteiger partial charge on any atom is 0.307 e. The predicted molar refractivity (Wildman–Crippen MR) is 76.4 cm³/mol. The molecule has 1 heterocycles. The molecular weight excluding hydrogens is 240 g/mol. The topological polar surface area (TPSA) is 41.6 Å². The van der Waals surface area contributed by atoms with Gasteiger partial charge in [0.05, 0.1) is 19.6 Å². The maximum atomic E-state index is 11.5. The van der Waals surface area contributed by atoms with E-state index in [1.54, 1.807) is 0 Å². The Bertz CT molecular complexity index is 417. The molecule has 2 rings (SSSR count). The van der Waals surface area contributed by atoms with Crippen LogP contribution in [0.15, 0.2) is 24.3 Å². The van der Waals surface area contributed by atoms with Gasteiger partial charge in [-0.05, 0) is 32.0 Å². The monoisotopic (exact) mass is 262 g/mol. The number of carbonyl (C=O) groups is 1. The summed E-state index contributed by atoms with van der Waals surface area (Å²) in [6.45, 7) is 4.88. The van der Waals surface area contributed by atoms with Gasteiger partial charge >= 0.3 is 5.97 Å². The molecule has 0 aromatic heterocycles. The normalized spacial score (nSPS) is 19.9. The van der Waals surface area contributed by atoms with E-state index >= 15 is 0 Å². The van der Waals surface area contributed by atoms with Crippen molar-refractivity contribution < 1.29 is 9.53 Å². The lowest BCUT2D eigenvalue weighted by Crippen LogP contribution is -2.41. The van der Waals surface area contributed by atoms with E-state index in [-0.39, 0.29) is 12.0 Å². The average molecular weight is 262 g/mol. The first-order valence-electron chi connectivity index (χ1n) is 6.81. The number of aryl methyl sites for hydroxylation is 1. The number of esters is 1. The van der Waals surface area contributed by atoms with E-state index in [0.717, 1.165) is 26.1 Å². The molecule has 1 N–H and O–H groups in total. The lowest BCUT2D eigenvalue weighted by Gasteiger charge is -2.31. The van der Waals surface area contributed by atoms with Crippen LogP contribution >= 0.6 is 0 Å². The summed E-state index contributed by atoms with van der Waals surface area (Å²) < 4.78 is 4.80. The molecule has 1 aliphatic heterocycles. The zero-order chi connectivity index (χ0) is 13.7. The van der Waals surface area contributed by atoms with Gasteiger partial charge in [-0.3, -0.25) is 4.79 Å². The zero-order valence-corrected chi connectivity index (χ0v) is 11.7. The fourth-order valence-corrected chi connectivity index (χ4v) is 2.47. The van der Waals surface area contributed by atoms with Crippen molar-refractivity contribution in [3.05, 3.63) is 29.8 Å². The molecule has 1 aromatic rings. The third-order valence-corrected chi connectivity index (χ3v) is 3.57. The highest BCUT2D eigenvalue weighted by Gasteiger charge is 2.23. The SMILES string of the molecule is COC(=O)CC1CNCCCN1c1ccc(C)cc1. The zero-order valence-electron chi connectivity index (χ0n) is 11.7. The van der Waals surface area contributed by atoms with Crippen molar-refractivity contribution in [3.63, 3.8) is 0 Å². The second-order valence-electron chi connectivity index (χ2n) is 5.02. The fourth-order valence-electron chi connectivity index (χ4n) is 2.47. The van der Waals surface area contributed by atoms with Crippen molar-refractivity contribution in [1.82, 2.24) is 5.32 Å². The maximum absolute atomic E-state index is 11.5. The minimum Gasteiger partial charge on any atom is -0.469 e. The van der Waals surface area contributed by atoms with Gasteiger partial charge in [0.2, 0.25) is 0 Å². The molecule has 1 unspecified atom stereocenters. The first-order valence-corrected chi connectivity index (χ1v) is 6.81. The quantitative estimate of drug-likeness (QED) is 0.842. The summed E-state index contributed by atoms with van der Waals surface area (Å²) in [6.07, 6.45) is 1.52. The molecule has 0 spiro atoms. The molecule has 4 heteroatoms. The molecule has 0 bridgehead atoms. The number of nitrogens with one attached hydrogen (secondary N) is 1. The van der Waals surface area contributed by atoms with E-state index < -0.39 is 0 Å². The minimum absolute atomic E-state index is 0.147. The van der Waals surface area contributed by atoms with Crippen LogP contribution < -0.4 is 10.2 Å². The molecule has 0 amide bonds. The molecule has 4 nitrogen and oxygen atoms in total. The van der Waals surface area contributed by atoms with Crippen LogP contribution in [0.4, 0.5) is 5.69 Å². The molecule has 0 aliphatic carbocycles. The second kappa shape index (κ2) is 6.57. The summed E-state index contributed by atoms with van der Waals surface area (Å²) in [5, 5.41) is 3.39. The van der Waals surface area contributed by atoms with E-state index in [4.69, 9.17) is 4.74 Å². The van der Waals surface area contributed by atoms with E-state index in [0.29, 0.717) is 6.42 Å². The second-order valence-corrected chi connectivity index (χ2v) is 5.02. The first kappa shape index (κ1) is 13.9. The van der Waals surface area contributed by atoms with E-state index in [1.165, 1.54) is 18.4 Å². The highest BCUT2D eigenvalue weighted by atomic mass is 16.5. The summed E-state index contributed by atoms with van der Waals surface area (Å²) in [7, 11) is 1.45. The molecule has 19 heavy (non-hydrogen) atoms. The lowest BCUT2D eigenvalue weighted by atomic mass is 10.1. The van der Waals surface area contributed by atoms with E-state index in [1.807, 2.05) is 0 Å². The molecule has 0 radical (unpaired) electrons. The summed E-state index contributed by atoms with van der Waals surface area (Å²) >= 11 is 0. The van der Waals surface area contributed by atoms with Crippen LogP contribution in [0.3, 0.4) is 0 Å². The van der Waals surface area contributed by atoms with Crippen molar-refractivity contribution in [2.75, 3.05) is 31.6 Å². The molecular formula is C15H22N2O2. The van der Waals surface area contributed by atoms with Gasteiger partial charge in [0, 0.05) is 18.8 Å². The van der Waals surface area contributed by atoms with Crippen LogP contribution in [0.1, 0.15) is 18.4 Å². The predicted octanol–water partition coefficient (Wildman–Crippen LogP) is 1.73. The van der Waals surface area contributed by atoms with Gasteiger partial charge in [-0.2, -0.15) is 0 Å². The van der Waals surface area contributed by atoms with Gasteiger partial charge in [-0.15, -0.1) is 0 Å². The first-order chi connectivity index (χ1) is 9.20. The summed E-state index contributed by atoms with van der Waals surface area (Å²) in [6, 6.07) is 8.65. The lowest BCUT2D eigenvalue weighted by molar-refractivity contribution is -0.141. The van der Waals surface area contributed by atoms with Crippen molar-refractivity contribution in [3.8, 4) is 0 Å². The average Bonchev–Trinajstić information content (AvgIpc) is 2.65. The van der Waals surface area contributed by atoms with Gasteiger partial charge in [0.15, 0.2) is 0 Å². The number of methoxy groups -OCH3 is 1. The van der Waals surface area contributed by atoms with Gasteiger partial charge in [0.25, 0.3) is 0 Å². The Balaban J connectivity index is 2.16. The van der Waals surface area contributed by atoms with Crippen LogP contribution in [0.5, 0.6) is 0 Å². The smallest absolute Gasteiger partial charge is 0.307 e. The number of nitrogens with zero attached hydrogens (tertiary/aromatic N) is 1. The number of hydrogen-bond donors (Lipinski definition) is 1. The van der Waals surface area contributed by atoms with Crippen LogP contribution in [-0.4, -0.2) is 38.8 Å². The van der Waals surface area contributed by atoms with Gasteiger partial charge < -0.3 is 15.0 Å².